The number of thiophene rings is 1. The number of carbonyl (C=O) groups excluding carboxylic acids is 1. The van der Waals surface area contributed by atoms with Crippen molar-refractivity contribution in [1.82, 2.24) is 10.2 Å². The number of morpholine rings is 1. The summed E-state index contributed by atoms with van der Waals surface area (Å²) in [7, 11) is 0. The number of nitrogens with one attached hydrogen (secondary N) is 1. The van der Waals surface area contributed by atoms with Crippen molar-refractivity contribution in [2.75, 3.05) is 19.7 Å². The number of hydrogen-bond acceptors (Lipinski definition) is 3. The van der Waals surface area contributed by atoms with E-state index in [0.29, 0.717) is 19.7 Å². The molecule has 0 bridgehead atoms. The van der Waals surface area contributed by atoms with E-state index in [1.54, 1.807) is 16.2 Å². The third kappa shape index (κ3) is 4.35. The van der Waals surface area contributed by atoms with Crippen LogP contribution < -0.4 is 5.32 Å². The van der Waals surface area contributed by atoms with Crippen molar-refractivity contribution in [3.05, 3.63) is 57.3 Å². The van der Waals surface area contributed by atoms with Crippen LogP contribution in [0.2, 0.25) is 0 Å². The molecule has 3 rings (SSSR count). The lowest BCUT2D eigenvalue weighted by Crippen LogP contribution is -2.47. The van der Waals surface area contributed by atoms with Crippen LogP contribution in [0.3, 0.4) is 0 Å². The molecule has 4 nitrogen and oxygen atoms in total. The highest BCUT2D eigenvalue weighted by Gasteiger charge is 2.27. The Labute approximate surface area is 149 Å². The van der Waals surface area contributed by atoms with Gasteiger partial charge in [0.2, 0.25) is 0 Å². The summed E-state index contributed by atoms with van der Waals surface area (Å²) in [6.07, 6.45) is 0.390. The van der Waals surface area contributed by atoms with Gasteiger partial charge in [0.05, 0.1) is 19.7 Å². The Balaban J connectivity index is 1.59. The Morgan fingerprint density at radius 1 is 1.32 bits per heavy atom. The summed E-state index contributed by atoms with van der Waals surface area (Å²) in [5.41, 5.74) is 0.268. The van der Waals surface area contributed by atoms with Gasteiger partial charge in [-0.05, 0) is 24.6 Å². The number of amides is 2. The smallest absolute Gasteiger partial charge is 0.317 e. The van der Waals surface area contributed by atoms with Gasteiger partial charge < -0.3 is 15.0 Å². The molecule has 1 fully saturated rings. The molecule has 1 unspecified atom stereocenters. The first-order chi connectivity index (χ1) is 12.1. The van der Waals surface area contributed by atoms with Gasteiger partial charge >= 0.3 is 6.03 Å². The number of carbonyl (C=O) groups is 1. The zero-order valence-electron chi connectivity index (χ0n) is 13.9. The number of rotatable bonds is 4. The molecule has 1 aliphatic heterocycles. The van der Waals surface area contributed by atoms with Gasteiger partial charge in [0, 0.05) is 27.9 Å². The fourth-order valence-electron chi connectivity index (χ4n) is 2.77. The maximum Gasteiger partial charge on any atom is 0.317 e. The van der Waals surface area contributed by atoms with Crippen LogP contribution in [0, 0.1) is 11.6 Å². The van der Waals surface area contributed by atoms with Crippen molar-refractivity contribution in [3.63, 3.8) is 0 Å². The summed E-state index contributed by atoms with van der Waals surface area (Å²) >= 11 is 1.68. The molecule has 0 saturated carbocycles. The molecule has 1 aliphatic rings. The highest BCUT2D eigenvalue weighted by Crippen LogP contribution is 2.25. The second kappa shape index (κ2) is 7.93. The van der Waals surface area contributed by atoms with Crippen LogP contribution in [0.15, 0.2) is 30.3 Å². The Morgan fingerprint density at radius 2 is 2.12 bits per heavy atom. The Hall–Kier alpha value is -1.99. The number of benzene rings is 1. The van der Waals surface area contributed by atoms with E-state index in [1.807, 2.05) is 6.07 Å². The molecule has 1 aromatic carbocycles. The Kier molecular flexibility index (Phi) is 5.65. The molecule has 2 amide bonds. The molecule has 1 aromatic heterocycles. The van der Waals surface area contributed by atoms with Gasteiger partial charge in [-0.3, -0.25) is 0 Å². The van der Waals surface area contributed by atoms with Gasteiger partial charge in [0.25, 0.3) is 0 Å². The second-order valence-electron chi connectivity index (χ2n) is 5.85. The third-order valence-corrected chi connectivity index (χ3v) is 5.37. The summed E-state index contributed by atoms with van der Waals surface area (Å²) < 4.78 is 32.5. The lowest BCUT2D eigenvalue weighted by Gasteiger charge is -2.33. The van der Waals surface area contributed by atoms with E-state index >= 15 is 0 Å². The van der Waals surface area contributed by atoms with E-state index in [-0.39, 0.29) is 18.1 Å². The highest BCUT2D eigenvalue weighted by atomic mass is 32.1. The first kappa shape index (κ1) is 17.8. The number of nitrogens with zero attached hydrogens (tertiary/aromatic N) is 1. The number of halogens is 2. The SMILES string of the molecule is CCc1ccc(CNC(=O)N2CCOC(c3ccc(F)cc3F)C2)s1. The van der Waals surface area contributed by atoms with Crippen LogP contribution in [-0.2, 0) is 17.7 Å². The van der Waals surface area contributed by atoms with Crippen LogP contribution in [0.25, 0.3) is 0 Å². The van der Waals surface area contributed by atoms with Gasteiger partial charge in [0.15, 0.2) is 0 Å². The molecule has 1 N–H and O–H groups in total. The molecule has 0 aliphatic carbocycles. The fraction of sp³-hybridized carbons (Fsp3) is 0.389. The maximum atomic E-state index is 13.9. The molecule has 2 aromatic rings. The summed E-state index contributed by atoms with van der Waals surface area (Å²) in [5, 5.41) is 2.89. The molecule has 25 heavy (non-hydrogen) atoms. The summed E-state index contributed by atoms with van der Waals surface area (Å²) in [6, 6.07) is 7.27. The van der Waals surface area contributed by atoms with Crippen molar-refractivity contribution in [1.29, 1.82) is 0 Å². The monoisotopic (exact) mass is 366 g/mol. The maximum absolute atomic E-state index is 13.9. The average molecular weight is 366 g/mol. The summed E-state index contributed by atoms with van der Waals surface area (Å²) in [5.74, 6) is -1.29. The number of hydrogen-bond donors (Lipinski definition) is 1. The summed E-state index contributed by atoms with van der Waals surface area (Å²) in [6.45, 7) is 3.55. The molecule has 2 heterocycles. The standard InChI is InChI=1S/C18H20F2N2O2S/c1-2-13-4-5-14(25-13)10-21-18(23)22-7-8-24-17(11-22)15-6-3-12(19)9-16(15)20/h3-6,9,17H,2,7-8,10-11H2,1H3,(H,21,23). The molecular weight excluding hydrogens is 346 g/mol. The minimum absolute atomic E-state index is 0.206. The van der Waals surface area contributed by atoms with Crippen LogP contribution in [0.5, 0.6) is 0 Å². The summed E-state index contributed by atoms with van der Waals surface area (Å²) in [4.78, 5) is 16.4. The third-order valence-electron chi connectivity index (χ3n) is 4.14. The van der Waals surface area contributed by atoms with E-state index in [0.717, 1.165) is 17.4 Å². The van der Waals surface area contributed by atoms with E-state index in [9.17, 15) is 13.6 Å². The molecular formula is C18H20F2N2O2S. The van der Waals surface area contributed by atoms with Crippen molar-refractivity contribution < 1.29 is 18.3 Å². The van der Waals surface area contributed by atoms with Crippen LogP contribution in [0.4, 0.5) is 13.6 Å². The van der Waals surface area contributed by atoms with Gasteiger partial charge in [-0.2, -0.15) is 0 Å². The topological polar surface area (TPSA) is 41.6 Å². The van der Waals surface area contributed by atoms with Gasteiger partial charge in [-0.15, -0.1) is 11.3 Å². The van der Waals surface area contributed by atoms with E-state index < -0.39 is 17.7 Å². The van der Waals surface area contributed by atoms with Gasteiger partial charge in [-0.25, -0.2) is 13.6 Å². The number of aryl methyl sites for hydroxylation is 1. The fourth-order valence-corrected chi connectivity index (χ4v) is 3.66. The molecule has 1 atom stereocenters. The van der Waals surface area contributed by atoms with E-state index in [4.69, 9.17) is 4.74 Å². The zero-order chi connectivity index (χ0) is 17.8. The Morgan fingerprint density at radius 3 is 2.84 bits per heavy atom. The predicted octanol–water partition coefficient (Wildman–Crippen LogP) is 3.87. The Bertz CT molecular complexity index is 750. The number of urea groups is 1. The molecule has 7 heteroatoms. The van der Waals surface area contributed by atoms with E-state index in [2.05, 4.69) is 18.3 Å². The molecule has 1 saturated heterocycles. The quantitative estimate of drug-likeness (QED) is 0.892. The molecule has 0 spiro atoms. The van der Waals surface area contributed by atoms with Crippen molar-refractivity contribution in [2.45, 2.75) is 26.0 Å². The minimum atomic E-state index is -0.655. The van der Waals surface area contributed by atoms with Gasteiger partial charge in [0.1, 0.15) is 17.7 Å². The second-order valence-corrected chi connectivity index (χ2v) is 7.10. The van der Waals surface area contributed by atoms with Crippen molar-refractivity contribution in [2.24, 2.45) is 0 Å². The largest absolute Gasteiger partial charge is 0.370 e. The average Bonchev–Trinajstić information content (AvgIpc) is 3.08. The first-order valence-corrected chi connectivity index (χ1v) is 9.05. The lowest BCUT2D eigenvalue weighted by molar-refractivity contribution is -0.0172. The van der Waals surface area contributed by atoms with Gasteiger partial charge in [-0.1, -0.05) is 13.0 Å². The van der Waals surface area contributed by atoms with Crippen molar-refractivity contribution >= 4 is 17.4 Å². The van der Waals surface area contributed by atoms with E-state index in [1.165, 1.54) is 17.0 Å². The van der Waals surface area contributed by atoms with Crippen LogP contribution >= 0.6 is 11.3 Å². The zero-order valence-corrected chi connectivity index (χ0v) is 14.7. The predicted molar refractivity (Wildman–Crippen MR) is 92.6 cm³/mol. The van der Waals surface area contributed by atoms with Crippen LogP contribution in [-0.4, -0.2) is 30.6 Å². The molecule has 0 radical (unpaired) electrons. The van der Waals surface area contributed by atoms with Crippen molar-refractivity contribution in [3.8, 4) is 0 Å². The highest BCUT2D eigenvalue weighted by molar-refractivity contribution is 7.11. The number of ether oxygens (including phenoxy) is 1. The normalized spacial score (nSPS) is 17.6. The van der Waals surface area contributed by atoms with Crippen LogP contribution in [0.1, 0.15) is 28.3 Å². The lowest BCUT2D eigenvalue weighted by atomic mass is 10.1. The first-order valence-electron chi connectivity index (χ1n) is 8.23. The molecule has 134 valence electrons. The minimum Gasteiger partial charge on any atom is -0.370 e.